The van der Waals surface area contributed by atoms with Gasteiger partial charge < -0.3 is 5.11 Å². The lowest BCUT2D eigenvalue weighted by Crippen LogP contribution is -2.54. The van der Waals surface area contributed by atoms with Crippen molar-refractivity contribution in [3.8, 4) is 0 Å². The molecule has 2 aliphatic rings. The highest BCUT2D eigenvalue weighted by molar-refractivity contribution is 8.01. The van der Waals surface area contributed by atoms with E-state index in [1.807, 2.05) is 0 Å². The summed E-state index contributed by atoms with van der Waals surface area (Å²) in [5.41, 5.74) is -1.22. The molecule has 0 saturated carbocycles. The lowest BCUT2D eigenvalue weighted by Gasteiger charge is -2.43. The average Bonchev–Trinajstić information content (AvgIpc) is 2.46. The van der Waals surface area contributed by atoms with E-state index in [-0.39, 0.29) is 22.9 Å². The van der Waals surface area contributed by atoms with Gasteiger partial charge in [0.2, 0.25) is 5.91 Å². The minimum Gasteiger partial charge on any atom is -0.477 e. The highest BCUT2D eigenvalue weighted by Crippen LogP contribution is 2.41. The molecule has 1 saturated heterocycles. The van der Waals surface area contributed by atoms with Crippen LogP contribution < -0.4 is 0 Å². The second-order valence-corrected chi connectivity index (χ2v) is 7.50. The highest BCUT2D eigenvalue weighted by Gasteiger charge is 2.46. The van der Waals surface area contributed by atoms with E-state index in [9.17, 15) is 18.0 Å². The van der Waals surface area contributed by atoms with Crippen LogP contribution in [0.4, 0.5) is 0 Å². The van der Waals surface area contributed by atoms with Gasteiger partial charge in [-0.05, 0) is 18.2 Å². The van der Waals surface area contributed by atoms with Gasteiger partial charge in [-0.2, -0.15) is 8.42 Å². The van der Waals surface area contributed by atoms with E-state index in [1.165, 1.54) is 12.1 Å². The van der Waals surface area contributed by atoms with Crippen LogP contribution in [0.3, 0.4) is 0 Å². The lowest BCUT2D eigenvalue weighted by molar-refractivity contribution is -0.146. The molecule has 0 radical (unpaired) electrons. The highest BCUT2D eigenvalue weighted by atomic mass is 32.2. The molecule has 9 heteroatoms. The molecule has 1 amide bonds. The number of carbonyl (C=O) groups is 2. The van der Waals surface area contributed by atoms with Crippen LogP contribution >= 0.6 is 11.8 Å². The Balaban J connectivity index is 1.85. The number of amides is 1. The maximum absolute atomic E-state index is 12.2. The first-order chi connectivity index (χ1) is 10.4. The fraction of sp³-hybridized carbons (Fsp3) is 0.231. The monoisotopic (exact) mass is 341 g/mol. The van der Waals surface area contributed by atoms with E-state index in [0.29, 0.717) is 0 Å². The molecule has 2 atom stereocenters. The van der Waals surface area contributed by atoms with E-state index in [2.05, 4.69) is 0 Å². The molecule has 0 bridgehead atoms. The summed E-state index contributed by atoms with van der Waals surface area (Å²) < 4.78 is 29.4. The first-order valence-corrected chi connectivity index (χ1v) is 8.64. The molecule has 0 spiro atoms. The standard InChI is InChI=1S/C13H11NO6S2/c15-10-7-11-14(10)9(13(16)17)6-12(21-11)20-22(18,19)8-4-2-1-3-5-8/h1-6,11-12H,7H2,(H,16,17)/t11-,12?/m1/s1. The number of benzene rings is 1. The van der Waals surface area contributed by atoms with Gasteiger partial charge in [-0.3, -0.25) is 9.69 Å². The van der Waals surface area contributed by atoms with E-state index >= 15 is 0 Å². The summed E-state index contributed by atoms with van der Waals surface area (Å²) in [6.45, 7) is 0. The predicted molar refractivity (Wildman–Crippen MR) is 77.1 cm³/mol. The molecular formula is C13H11NO6S2. The Morgan fingerprint density at radius 1 is 1.32 bits per heavy atom. The number of β-lactam (4-membered cyclic amide) rings is 1. The summed E-state index contributed by atoms with van der Waals surface area (Å²) in [6.07, 6.45) is 1.31. The number of carboxylic acids is 1. The van der Waals surface area contributed by atoms with Crippen molar-refractivity contribution in [2.75, 3.05) is 0 Å². The minimum atomic E-state index is -4.00. The van der Waals surface area contributed by atoms with E-state index in [1.54, 1.807) is 18.2 Å². The summed E-state index contributed by atoms with van der Waals surface area (Å²) in [6, 6.07) is 7.59. The Morgan fingerprint density at radius 2 is 2.00 bits per heavy atom. The van der Waals surface area contributed by atoms with E-state index in [0.717, 1.165) is 22.7 Å². The summed E-state index contributed by atoms with van der Waals surface area (Å²) in [4.78, 5) is 23.8. The van der Waals surface area contributed by atoms with Crippen molar-refractivity contribution in [2.45, 2.75) is 22.1 Å². The second-order valence-electron chi connectivity index (χ2n) is 4.65. The molecule has 1 aromatic rings. The molecule has 7 nitrogen and oxygen atoms in total. The summed E-state index contributed by atoms with van der Waals surface area (Å²) in [7, 11) is -4.00. The zero-order chi connectivity index (χ0) is 15.9. The Labute approximate surface area is 130 Å². The van der Waals surface area contributed by atoms with Crippen LogP contribution in [0.2, 0.25) is 0 Å². The number of carbonyl (C=O) groups excluding carboxylic acids is 1. The van der Waals surface area contributed by atoms with Gasteiger partial charge in [-0.1, -0.05) is 30.0 Å². The summed E-state index contributed by atoms with van der Waals surface area (Å²) in [5.74, 6) is -1.58. The van der Waals surface area contributed by atoms with Crippen molar-refractivity contribution >= 4 is 33.8 Å². The van der Waals surface area contributed by atoms with Gasteiger partial charge in [0, 0.05) is 0 Å². The SMILES string of the molecule is O=C(O)C1=CC(OS(=O)(=O)c2ccccc2)S[C@@H]2CC(=O)N12. The Kier molecular flexibility index (Phi) is 3.71. The van der Waals surface area contributed by atoms with Gasteiger partial charge in [-0.15, -0.1) is 0 Å². The van der Waals surface area contributed by atoms with Crippen molar-refractivity contribution in [1.29, 1.82) is 0 Å². The first-order valence-electron chi connectivity index (χ1n) is 6.29. The van der Waals surface area contributed by atoms with Crippen molar-refractivity contribution in [3.63, 3.8) is 0 Å². The quantitative estimate of drug-likeness (QED) is 0.644. The molecule has 2 aliphatic heterocycles. The van der Waals surface area contributed by atoms with Gasteiger partial charge in [0.25, 0.3) is 10.1 Å². The second kappa shape index (κ2) is 5.41. The number of carboxylic acid groups (broad SMARTS) is 1. The molecule has 1 N–H and O–H groups in total. The number of aliphatic carboxylic acids is 1. The average molecular weight is 341 g/mol. The normalized spacial score (nSPS) is 24.3. The molecule has 2 heterocycles. The number of fused-ring (bicyclic) bond motifs is 1. The number of hydrogen-bond acceptors (Lipinski definition) is 6. The van der Waals surface area contributed by atoms with Crippen LogP contribution in [0, 0.1) is 0 Å². The maximum Gasteiger partial charge on any atom is 0.352 e. The number of rotatable bonds is 4. The lowest BCUT2D eigenvalue weighted by atomic mass is 10.1. The number of hydrogen-bond donors (Lipinski definition) is 1. The molecule has 1 unspecified atom stereocenters. The van der Waals surface area contributed by atoms with E-state index in [4.69, 9.17) is 9.29 Å². The van der Waals surface area contributed by atoms with Crippen LogP contribution in [-0.2, 0) is 23.9 Å². The van der Waals surface area contributed by atoms with Gasteiger partial charge in [0.1, 0.15) is 11.1 Å². The number of thioether (sulfide) groups is 1. The third-order valence-electron chi connectivity index (χ3n) is 3.22. The van der Waals surface area contributed by atoms with Crippen molar-refractivity contribution in [1.82, 2.24) is 4.90 Å². The van der Waals surface area contributed by atoms with Crippen molar-refractivity contribution < 1.29 is 27.3 Å². The summed E-state index contributed by atoms with van der Waals surface area (Å²) in [5, 5.41) is 8.73. The fourth-order valence-corrected chi connectivity index (χ4v) is 4.69. The third-order valence-corrected chi connectivity index (χ3v) is 5.85. The van der Waals surface area contributed by atoms with Crippen molar-refractivity contribution in [2.24, 2.45) is 0 Å². The zero-order valence-corrected chi connectivity index (χ0v) is 12.7. The first kappa shape index (κ1) is 15.1. The molecule has 3 rings (SSSR count). The Bertz CT molecular complexity index is 758. The molecule has 116 valence electrons. The van der Waals surface area contributed by atoms with Crippen LogP contribution in [0.1, 0.15) is 6.42 Å². The van der Waals surface area contributed by atoms with Crippen LogP contribution in [0.15, 0.2) is 47.0 Å². The molecule has 0 aromatic heterocycles. The number of nitrogens with zero attached hydrogens (tertiary/aromatic N) is 1. The van der Waals surface area contributed by atoms with Gasteiger partial charge in [0.15, 0.2) is 0 Å². The summed E-state index contributed by atoms with van der Waals surface area (Å²) >= 11 is 1.09. The van der Waals surface area contributed by atoms with Crippen molar-refractivity contribution in [3.05, 3.63) is 42.1 Å². The predicted octanol–water partition coefficient (Wildman–Crippen LogP) is 0.992. The topological polar surface area (TPSA) is 101 Å². The Morgan fingerprint density at radius 3 is 2.59 bits per heavy atom. The minimum absolute atomic E-state index is 0.00649. The Hall–Kier alpha value is -1.84. The smallest absolute Gasteiger partial charge is 0.352 e. The van der Waals surface area contributed by atoms with Crippen LogP contribution in [0.25, 0.3) is 0 Å². The molecular weight excluding hydrogens is 330 g/mol. The zero-order valence-electron chi connectivity index (χ0n) is 11.1. The molecule has 1 aromatic carbocycles. The van der Waals surface area contributed by atoms with Gasteiger partial charge in [0.05, 0.1) is 16.7 Å². The van der Waals surface area contributed by atoms with Gasteiger partial charge >= 0.3 is 5.97 Å². The fourth-order valence-electron chi connectivity index (χ4n) is 2.18. The largest absolute Gasteiger partial charge is 0.477 e. The van der Waals surface area contributed by atoms with Crippen LogP contribution in [-0.4, -0.2) is 41.1 Å². The molecule has 22 heavy (non-hydrogen) atoms. The maximum atomic E-state index is 12.2. The molecule has 0 aliphatic carbocycles. The third kappa shape index (κ3) is 2.62. The van der Waals surface area contributed by atoms with Gasteiger partial charge in [-0.25, -0.2) is 8.98 Å². The van der Waals surface area contributed by atoms with Crippen LogP contribution in [0.5, 0.6) is 0 Å². The molecule has 1 fully saturated rings. The van der Waals surface area contributed by atoms with E-state index < -0.39 is 26.9 Å².